The Morgan fingerprint density at radius 3 is 1.84 bits per heavy atom. The number of rotatable bonds is 2. The van der Waals surface area contributed by atoms with E-state index in [1.54, 1.807) is 0 Å². The van der Waals surface area contributed by atoms with Crippen molar-refractivity contribution in [3.05, 3.63) is 84.7 Å². The van der Waals surface area contributed by atoms with Crippen LogP contribution in [-0.2, 0) is 4.65 Å². The molecule has 0 saturated heterocycles. The smallest absolute Gasteiger partial charge is 0.540 e. The zero-order valence-electron chi connectivity index (χ0n) is 14.1. The molecule has 0 aromatic carbocycles. The molecule has 2 nitrogen and oxygen atoms in total. The number of hydrogen-bond donors (Lipinski definition) is 1. The first-order valence-corrected chi connectivity index (χ1v) is 9.28. The highest BCUT2D eigenvalue weighted by Crippen LogP contribution is 2.58. The third-order valence-electron chi connectivity index (χ3n) is 6.72. The molecule has 3 heteroatoms. The Hall–Kier alpha value is -2.00. The Kier molecular flexibility index (Phi) is 3.71. The lowest BCUT2D eigenvalue weighted by Crippen LogP contribution is -2.50. The van der Waals surface area contributed by atoms with Crippen LogP contribution < -0.4 is 0 Å². The molecule has 8 unspecified atom stereocenters. The minimum absolute atomic E-state index is 0.217. The fourth-order valence-electron chi connectivity index (χ4n) is 5.83. The van der Waals surface area contributed by atoms with Crippen LogP contribution in [0, 0.1) is 47.3 Å². The maximum atomic E-state index is 9.25. The van der Waals surface area contributed by atoms with Gasteiger partial charge in [-0.15, -0.1) is 0 Å². The first kappa shape index (κ1) is 15.3. The van der Waals surface area contributed by atoms with Gasteiger partial charge in [-0.1, -0.05) is 72.9 Å². The van der Waals surface area contributed by atoms with Gasteiger partial charge in [0.25, 0.3) is 0 Å². The van der Waals surface area contributed by atoms with E-state index in [9.17, 15) is 5.02 Å². The van der Waals surface area contributed by atoms with Gasteiger partial charge in [0.05, 0.1) is 5.76 Å². The zero-order chi connectivity index (χ0) is 16.8. The van der Waals surface area contributed by atoms with E-state index in [1.165, 1.54) is 0 Å². The van der Waals surface area contributed by atoms with Crippen LogP contribution in [-0.4, -0.2) is 12.7 Å². The summed E-state index contributed by atoms with van der Waals surface area (Å²) in [7, 11) is 0.832. The maximum Gasteiger partial charge on any atom is 0.569 e. The summed E-state index contributed by atoms with van der Waals surface area (Å²) >= 11 is 0. The van der Waals surface area contributed by atoms with Crippen LogP contribution in [0.3, 0.4) is 0 Å². The predicted molar refractivity (Wildman–Crippen MR) is 99.9 cm³/mol. The highest BCUT2D eigenvalue weighted by Gasteiger charge is 2.53. The quantitative estimate of drug-likeness (QED) is 0.782. The molecular weight excluding hydrogens is 307 g/mol. The van der Waals surface area contributed by atoms with Crippen LogP contribution in [0.25, 0.3) is 0 Å². The van der Waals surface area contributed by atoms with Gasteiger partial charge in [-0.2, -0.15) is 0 Å². The normalized spacial score (nSPS) is 45.1. The van der Waals surface area contributed by atoms with E-state index in [0.29, 0.717) is 41.4 Å². The van der Waals surface area contributed by atoms with Gasteiger partial charge in [0.1, 0.15) is 0 Å². The molecule has 0 aromatic rings. The summed E-state index contributed by atoms with van der Waals surface area (Å²) in [4.78, 5) is 0. The van der Waals surface area contributed by atoms with Crippen LogP contribution in [0.2, 0.25) is 0 Å². The minimum atomic E-state index is 0.217. The first-order valence-electron chi connectivity index (χ1n) is 9.28. The van der Waals surface area contributed by atoms with Gasteiger partial charge in [-0.3, -0.25) is 0 Å². The van der Waals surface area contributed by atoms with E-state index in [0.717, 1.165) is 13.4 Å². The zero-order valence-corrected chi connectivity index (χ0v) is 14.1. The van der Waals surface area contributed by atoms with Gasteiger partial charge in [-0.25, -0.2) is 0 Å². The highest BCUT2D eigenvalue weighted by molar-refractivity contribution is 6.16. The molecule has 25 heavy (non-hydrogen) atoms. The summed E-state index contributed by atoms with van der Waals surface area (Å²) in [5.74, 6) is 4.65. The van der Waals surface area contributed by atoms with Gasteiger partial charge in [0.15, 0.2) is 0 Å². The third-order valence-corrected chi connectivity index (χ3v) is 6.72. The summed E-state index contributed by atoms with van der Waals surface area (Å²) in [6, 6.07) is 0. The Balaban J connectivity index is 1.63. The lowest BCUT2D eigenvalue weighted by Gasteiger charge is -2.55. The monoisotopic (exact) mass is 329 g/mol. The second-order valence-corrected chi connectivity index (χ2v) is 7.67. The lowest BCUT2D eigenvalue weighted by molar-refractivity contribution is 0.0362. The molecule has 0 heterocycles. The Morgan fingerprint density at radius 1 is 0.640 bits per heavy atom. The summed E-state index contributed by atoms with van der Waals surface area (Å²) in [6.45, 7) is 0. The van der Waals surface area contributed by atoms with E-state index in [-0.39, 0.29) is 5.92 Å². The van der Waals surface area contributed by atoms with E-state index < -0.39 is 0 Å². The molecule has 1 N–H and O–H groups in total. The molecule has 8 atom stereocenters. The first-order chi connectivity index (χ1) is 12.4. The van der Waals surface area contributed by atoms with Crippen molar-refractivity contribution in [2.45, 2.75) is 0 Å². The standard InChI is InChI=1S/C22H22BO2/c24-23-25-21-13-20-16-9-2-1-7-14(16)15-8-3-5-11-18(15)22(20)19-12-6-4-10-17(19)21/h1-20,22,24H. The molecule has 5 aliphatic carbocycles. The second kappa shape index (κ2) is 6.07. The van der Waals surface area contributed by atoms with E-state index in [2.05, 4.69) is 79.0 Å². The molecule has 5 rings (SSSR count). The maximum absolute atomic E-state index is 9.25. The van der Waals surface area contributed by atoms with Crippen molar-refractivity contribution in [2.24, 2.45) is 47.3 Å². The van der Waals surface area contributed by atoms with Crippen LogP contribution in [0.15, 0.2) is 84.7 Å². The molecule has 0 aromatic heterocycles. The summed E-state index contributed by atoms with van der Waals surface area (Å²) < 4.78 is 5.55. The van der Waals surface area contributed by atoms with E-state index in [1.807, 2.05) is 0 Å². The second-order valence-electron chi connectivity index (χ2n) is 7.67. The summed E-state index contributed by atoms with van der Waals surface area (Å²) in [5.41, 5.74) is 0. The van der Waals surface area contributed by atoms with Crippen molar-refractivity contribution in [3.63, 3.8) is 0 Å². The molecule has 0 amide bonds. The van der Waals surface area contributed by atoms with E-state index in [4.69, 9.17) is 4.65 Å². The Morgan fingerprint density at radius 2 is 1.16 bits per heavy atom. The summed E-state index contributed by atoms with van der Waals surface area (Å²) in [6.07, 6.45) is 29.6. The fourth-order valence-corrected chi connectivity index (χ4v) is 5.83. The fraction of sp³-hybridized carbons (Fsp3) is 0.364. The number of hydrogen-bond acceptors (Lipinski definition) is 2. The molecular formula is C22H22BO2. The molecule has 1 radical (unpaired) electrons. The van der Waals surface area contributed by atoms with Crippen molar-refractivity contribution >= 4 is 7.69 Å². The molecule has 0 aliphatic heterocycles. The average molecular weight is 329 g/mol. The lowest BCUT2D eigenvalue weighted by atomic mass is 9.49. The molecule has 125 valence electrons. The SMILES string of the molecule is O[B]OC1=CC2C3C=CC=CC3C3C=CC=CC3C2C2C=CC=CC12. The van der Waals surface area contributed by atoms with Gasteiger partial charge in [0, 0.05) is 5.92 Å². The van der Waals surface area contributed by atoms with E-state index >= 15 is 0 Å². The largest absolute Gasteiger partial charge is 0.569 e. The van der Waals surface area contributed by atoms with Crippen molar-refractivity contribution in [3.8, 4) is 0 Å². The van der Waals surface area contributed by atoms with Gasteiger partial charge < -0.3 is 9.68 Å². The van der Waals surface area contributed by atoms with Crippen LogP contribution >= 0.6 is 0 Å². The molecule has 1 saturated carbocycles. The van der Waals surface area contributed by atoms with Crippen molar-refractivity contribution in [1.82, 2.24) is 0 Å². The van der Waals surface area contributed by atoms with Gasteiger partial charge >= 0.3 is 7.69 Å². The number of fused-ring (bicyclic) bond motifs is 8. The predicted octanol–water partition coefficient (Wildman–Crippen LogP) is 3.75. The topological polar surface area (TPSA) is 29.5 Å². The summed E-state index contributed by atoms with van der Waals surface area (Å²) in [5, 5.41) is 9.25. The minimum Gasteiger partial charge on any atom is -0.540 e. The Bertz CT molecular complexity index is 754. The van der Waals surface area contributed by atoms with Crippen molar-refractivity contribution in [1.29, 1.82) is 0 Å². The van der Waals surface area contributed by atoms with Crippen LogP contribution in [0.1, 0.15) is 0 Å². The molecule has 0 bridgehead atoms. The molecule has 5 aliphatic rings. The highest BCUT2D eigenvalue weighted by atomic mass is 16.5. The van der Waals surface area contributed by atoms with Gasteiger partial charge in [0.2, 0.25) is 0 Å². The van der Waals surface area contributed by atoms with Crippen LogP contribution in [0.4, 0.5) is 0 Å². The molecule has 1 fully saturated rings. The Labute approximate surface area is 150 Å². The van der Waals surface area contributed by atoms with Gasteiger partial charge in [-0.05, 0) is 47.5 Å². The van der Waals surface area contributed by atoms with Crippen molar-refractivity contribution < 1.29 is 9.68 Å². The number of allylic oxidation sites excluding steroid dienone is 13. The van der Waals surface area contributed by atoms with Crippen LogP contribution in [0.5, 0.6) is 0 Å². The third kappa shape index (κ3) is 2.29. The molecule has 0 spiro atoms. The average Bonchev–Trinajstić information content (AvgIpc) is 2.68. The van der Waals surface area contributed by atoms with Crippen molar-refractivity contribution in [2.75, 3.05) is 0 Å².